The maximum atomic E-state index is 12.0. The first-order chi connectivity index (χ1) is 8.63. The highest BCUT2D eigenvalue weighted by molar-refractivity contribution is 5.77. The molecule has 5 nitrogen and oxygen atoms in total. The summed E-state index contributed by atoms with van der Waals surface area (Å²) in [5, 5.41) is 8.68. The SMILES string of the molecule is CN(CCCCCO)C(=O)CN1CCC(N)CC1. The Morgan fingerprint density at radius 3 is 2.61 bits per heavy atom. The fourth-order valence-electron chi connectivity index (χ4n) is 2.19. The topological polar surface area (TPSA) is 69.8 Å². The van der Waals surface area contributed by atoms with Crippen molar-refractivity contribution in [3.8, 4) is 0 Å². The van der Waals surface area contributed by atoms with Crippen molar-refractivity contribution >= 4 is 5.91 Å². The maximum Gasteiger partial charge on any atom is 0.236 e. The molecule has 0 bridgehead atoms. The van der Waals surface area contributed by atoms with Crippen LogP contribution in [-0.4, -0.2) is 66.7 Å². The summed E-state index contributed by atoms with van der Waals surface area (Å²) < 4.78 is 0. The lowest BCUT2D eigenvalue weighted by molar-refractivity contribution is -0.131. The van der Waals surface area contributed by atoms with Crippen LogP contribution in [0, 0.1) is 0 Å². The summed E-state index contributed by atoms with van der Waals surface area (Å²) >= 11 is 0. The molecule has 3 N–H and O–H groups in total. The predicted octanol–water partition coefficient (Wildman–Crippen LogP) is 0.0305. The molecule has 0 aromatic carbocycles. The average Bonchev–Trinajstić information content (AvgIpc) is 2.37. The monoisotopic (exact) mass is 257 g/mol. The minimum atomic E-state index is 0.189. The van der Waals surface area contributed by atoms with Gasteiger partial charge in [-0.25, -0.2) is 0 Å². The van der Waals surface area contributed by atoms with Gasteiger partial charge < -0.3 is 15.7 Å². The number of piperidine rings is 1. The fourth-order valence-corrected chi connectivity index (χ4v) is 2.19. The summed E-state index contributed by atoms with van der Waals surface area (Å²) in [7, 11) is 1.86. The first kappa shape index (κ1) is 15.4. The molecule has 1 aliphatic heterocycles. The Balaban J connectivity index is 2.15. The molecule has 1 saturated heterocycles. The largest absolute Gasteiger partial charge is 0.396 e. The lowest BCUT2D eigenvalue weighted by atomic mass is 10.1. The summed E-state index contributed by atoms with van der Waals surface area (Å²) in [6, 6.07) is 0.313. The van der Waals surface area contributed by atoms with E-state index in [1.54, 1.807) is 4.90 Å². The van der Waals surface area contributed by atoms with Crippen LogP contribution >= 0.6 is 0 Å². The van der Waals surface area contributed by atoms with Crippen molar-refractivity contribution in [2.24, 2.45) is 5.73 Å². The van der Waals surface area contributed by atoms with E-state index in [0.29, 0.717) is 12.6 Å². The second kappa shape index (κ2) is 8.45. The first-order valence-corrected chi connectivity index (χ1v) is 6.96. The predicted molar refractivity (Wildman–Crippen MR) is 72.2 cm³/mol. The molecule has 5 heteroatoms. The van der Waals surface area contributed by atoms with E-state index >= 15 is 0 Å². The van der Waals surface area contributed by atoms with E-state index in [2.05, 4.69) is 4.90 Å². The van der Waals surface area contributed by atoms with Crippen LogP contribution in [0.25, 0.3) is 0 Å². The molecule has 0 atom stereocenters. The number of carbonyl (C=O) groups excluding carboxylic acids is 1. The van der Waals surface area contributed by atoms with Gasteiger partial charge in [0.15, 0.2) is 0 Å². The smallest absolute Gasteiger partial charge is 0.236 e. The average molecular weight is 257 g/mol. The van der Waals surface area contributed by atoms with Gasteiger partial charge in [0.2, 0.25) is 5.91 Å². The molecule has 1 aliphatic rings. The third-order valence-electron chi connectivity index (χ3n) is 3.57. The van der Waals surface area contributed by atoms with Gasteiger partial charge in [-0.2, -0.15) is 0 Å². The molecule has 1 amide bonds. The normalized spacial score (nSPS) is 17.9. The number of hydrogen-bond donors (Lipinski definition) is 2. The Bertz CT molecular complexity index is 240. The molecular formula is C13H27N3O2. The van der Waals surface area contributed by atoms with Gasteiger partial charge >= 0.3 is 0 Å². The molecule has 1 rings (SSSR count). The van der Waals surface area contributed by atoms with Gasteiger partial charge in [-0.05, 0) is 32.1 Å². The minimum absolute atomic E-state index is 0.189. The highest BCUT2D eigenvalue weighted by Crippen LogP contribution is 2.08. The van der Waals surface area contributed by atoms with Crippen molar-refractivity contribution in [1.82, 2.24) is 9.80 Å². The molecule has 0 unspecified atom stereocenters. The highest BCUT2D eigenvalue weighted by atomic mass is 16.2. The van der Waals surface area contributed by atoms with Crippen LogP contribution in [-0.2, 0) is 4.79 Å². The number of aliphatic hydroxyl groups is 1. The zero-order chi connectivity index (χ0) is 13.4. The molecular weight excluding hydrogens is 230 g/mol. The Labute approximate surface area is 110 Å². The zero-order valence-corrected chi connectivity index (χ0v) is 11.5. The second-order valence-electron chi connectivity index (χ2n) is 5.21. The Morgan fingerprint density at radius 1 is 1.33 bits per heavy atom. The van der Waals surface area contributed by atoms with Gasteiger partial charge in [0.05, 0.1) is 6.54 Å². The van der Waals surface area contributed by atoms with E-state index in [4.69, 9.17) is 10.8 Å². The molecule has 0 aromatic heterocycles. The van der Waals surface area contributed by atoms with Crippen LogP contribution in [0.5, 0.6) is 0 Å². The van der Waals surface area contributed by atoms with Gasteiger partial charge in [0, 0.05) is 39.3 Å². The van der Waals surface area contributed by atoms with Crippen molar-refractivity contribution in [2.45, 2.75) is 38.1 Å². The number of hydrogen-bond acceptors (Lipinski definition) is 4. The van der Waals surface area contributed by atoms with E-state index in [-0.39, 0.29) is 12.5 Å². The van der Waals surface area contributed by atoms with E-state index < -0.39 is 0 Å². The van der Waals surface area contributed by atoms with E-state index in [0.717, 1.165) is 51.7 Å². The Kier molecular flexibility index (Phi) is 7.23. The van der Waals surface area contributed by atoms with E-state index in [9.17, 15) is 4.79 Å². The van der Waals surface area contributed by atoms with Crippen LogP contribution in [0.4, 0.5) is 0 Å². The molecule has 0 saturated carbocycles. The lowest BCUT2D eigenvalue weighted by Gasteiger charge is -2.30. The van der Waals surface area contributed by atoms with Gasteiger partial charge in [0.1, 0.15) is 0 Å². The number of likely N-dealkylation sites (tertiary alicyclic amines) is 1. The quantitative estimate of drug-likeness (QED) is 0.631. The van der Waals surface area contributed by atoms with Crippen LogP contribution < -0.4 is 5.73 Å². The number of rotatable bonds is 7. The standard InChI is InChI=1S/C13H27N3O2/c1-15(7-3-2-4-10-17)13(18)11-16-8-5-12(14)6-9-16/h12,17H,2-11,14H2,1H3. The molecule has 1 heterocycles. The molecule has 0 spiro atoms. The second-order valence-corrected chi connectivity index (χ2v) is 5.21. The number of carbonyl (C=O) groups is 1. The number of nitrogens with two attached hydrogens (primary N) is 1. The first-order valence-electron chi connectivity index (χ1n) is 6.96. The lowest BCUT2D eigenvalue weighted by Crippen LogP contribution is -2.45. The van der Waals surface area contributed by atoms with Crippen LogP contribution in [0.2, 0.25) is 0 Å². The van der Waals surface area contributed by atoms with Gasteiger partial charge in [0.25, 0.3) is 0 Å². The van der Waals surface area contributed by atoms with Gasteiger partial charge in [-0.15, -0.1) is 0 Å². The number of amides is 1. The van der Waals surface area contributed by atoms with Crippen molar-refractivity contribution in [1.29, 1.82) is 0 Å². The molecule has 0 aromatic rings. The molecule has 106 valence electrons. The maximum absolute atomic E-state index is 12.0. The number of likely N-dealkylation sites (N-methyl/N-ethyl adjacent to an activating group) is 1. The highest BCUT2D eigenvalue weighted by Gasteiger charge is 2.19. The molecule has 0 aliphatic carbocycles. The number of aliphatic hydroxyl groups excluding tert-OH is 1. The summed E-state index contributed by atoms with van der Waals surface area (Å²) in [6.45, 7) is 3.41. The number of nitrogens with zero attached hydrogens (tertiary/aromatic N) is 2. The summed E-state index contributed by atoms with van der Waals surface area (Å²) in [5.74, 6) is 0.189. The summed E-state index contributed by atoms with van der Waals surface area (Å²) in [5.41, 5.74) is 5.84. The van der Waals surface area contributed by atoms with Crippen molar-refractivity contribution < 1.29 is 9.90 Å². The zero-order valence-electron chi connectivity index (χ0n) is 11.5. The van der Waals surface area contributed by atoms with Gasteiger partial charge in [-0.3, -0.25) is 9.69 Å². The minimum Gasteiger partial charge on any atom is -0.396 e. The summed E-state index contributed by atoms with van der Waals surface area (Å²) in [6.07, 6.45) is 4.76. The fraction of sp³-hybridized carbons (Fsp3) is 0.923. The van der Waals surface area contributed by atoms with Gasteiger partial charge in [-0.1, -0.05) is 0 Å². The third-order valence-corrected chi connectivity index (χ3v) is 3.57. The van der Waals surface area contributed by atoms with E-state index in [1.165, 1.54) is 0 Å². The van der Waals surface area contributed by atoms with Crippen LogP contribution in [0.1, 0.15) is 32.1 Å². The van der Waals surface area contributed by atoms with Crippen molar-refractivity contribution in [3.63, 3.8) is 0 Å². The molecule has 0 radical (unpaired) electrons. The third kappa shape index (κ3) is 5.80. The van der Waals surface area contributed by atoms with Crippen molar-refractivity contribution in [3.05, 3.63) is 0 Å². The Morgan fingerprint density at radius 2 is 2.00 bits per heavy atom. The number of unbranched alkanes of at least 4 members (excludes halogenated alkanes) is 2. The summed E-state index contributed by atoms with van der Waals surface area (Å²) in [4.78, 5) is 15.9. The van der Waals surface area contributed by atoms with E-state index in [1.807, 2.05) is 7.05 Å². The van der Waals surface area contributed by atoms with Crippen molar-refractivity contribution in [2.75, 3.05) is 39.8 Å². The van der Waals surface area contributed by atoms with Crippen LogP contribution in [0.3, 0.4) is 0 Å². The molecule has 18 heavy (non-hydrogen) atoms. The molecule has 1 fully saturated rings. The van der Waals surface area contributed by atoms with Crippen LogP contribution in [0.15, 0.2) is 0 Å². The Hall–Kier alpha value is -0.650.